The molecule has 0 saturated heterocycles. The third-order valence-corrected chi connectivity index (χ3v) is 4.03. The maximum atomic E-state index is 2.45. The van der Waals surface area contributed by atoms with Crippen molar-refractivity contribution in [2.75, 3.05) is 0 Å². The van der Waals surface area contributed by atoms with Crippen LogP contribution in [0, 0.1) is 11.8 Å². The van der Waals surface area contributed by atoms with Crippen LogP contribution in [-0.2, 0) is 0 Å². The molecule has 0 aromatic carbocycles. The Labute approximate surface area is 117 Å². The van der Waals surface area contributed by atoms with E-state index < -0.39 is 0 Å². The molecule has 0 N–H and O–H groups in total. The Morgan fingerprint density at radius 1 is 0.556 bits per heavy atom. The van der Waals surface area contributed by atoms with Gasteiger partial charge in [-0.05, 0) is 11.8 Å². The predicted octanol–water partition coefficient (Wildman–Crippen LogP) is 6.98. The number of hydrogen-bond acceptors (Lipinski definition) is 0. The molecule has 0 bridgehead atoms. The van der Waals surface area contributed by atoms with Crippen molar-refractivity contribution in [1.82, 2.24) is 0 Å². The average molecular weight is 255 g/mol. The smallest absolute Gasteiger partial charge is 0.0443 e. The highest BCUT2D eigenvalue weighted by Crippen LogP contribution is 2.18. The van der Waals surface area contributed by atoms with E-state index >= 15 is 0 Å². The second-order valence-corrected chi connectivity index (χ2v) is 6.69. The van der Waals surface area contributed by atoms with E-state index in [1.54, 1.807) is 0 Å². The van der Waals surface area contributed by atoms with Crippen LogP contribution in [0.5, 0.6) is 0 Å². The van der Waals surface area contributed by atoms with Gasteiger partial charge in [0.25, 0.3) is 0 Å². The molecule has 18 heavy (non-hydrogen) atoms. The summed E-state index contributed by atoms with van der Waals surface area (Å²) in [7, 11) is 0. The van der Waals surface area contributed by atoms with Gasteiger partial charge in [-0.15, -0.1) is 0 Å². The highest BCUT2D eigenvalue weighted by atomic mass is 14.1. The van der Waals surface area contributed by atoms with Crippen LogP contribution in [0.2, 0.25) is 0 Å². The molecule has 0 aliphatic rings. The molecule has 0 aromatic rings. The van der Waals surface area contributed by atoms with Gasteiger partial charge in [-0.3, -0.25) is 0 Å². The van der Waals surface area contributed by atoms with Gasteiger partial charge < -0.3 is 0 Å². The summed E-state index contributed by atoms with van der Waals surface area (Å²) in [4.78, 5) is 0. The van der Waals surface area contributed by atoms with E-state index in [2.05, 4.69) is 27.7 Å². The van der Waals surface area contributed by atoms with Gasteiger partial charge in [0.05, 0.1) is 0 Å². The van der Waals surface area contributed by atoms with Crippen molar-refractivity contribution in [3.8, 4) is 0 Å². The molecule has 1 atom stereocenters. The van der Waals surface area contributed by atoms with E-state index in [-0.39, 0.29) is 0 Å². The van der Waals surface area contributed by atoms with Gasteiger partial charge in [0, 0.05) is 0 Å². The quantitative estimate of drug-likeness (QED) is 0.311. The van der Waals surface area contributed by atoms with Crippen LogP contribution in [-0.4, -0.2) is 0 Å². The lowest BCUT2D eigenvalue weighted by molar-refractivity contribution is 0.417. The summed E-state index contributed by atoms with van der Waals surface area (Å²) in [6.45, 7) is 9.41. The second kappa shape index (κ2) is 13.4. The van der Waals surface area contributed by atoms with Gasteiger partial charge in [0.1, 0.15) is 0 Å². The van der Waals surface area contributed by atoms with Crippen molar-refractivity contribution < 1.29 is 0 Å². The van der Waals surface area contributed by atoms with E-state index in [0.29, 0.717) is 0 Å². The van der Waals surface area contributed by atoms with E-state index in [1.165, 1.54) is 77.0 Å². The lowest BCUT2D eigenvalue weighted by Crippen LogP contribution is -1.96. The molecule has 0 aliphatic heterocycles. The predicted molar refractivity (Wildman–Crippen MR) is 85.1 cm³/mol. The first-order chi connectivity index (χ1) is 8.66. The first-order valence-corrected chi connectivity index (χ1v) is 8.66. The zero-order valence-corrected chi connectivity index (χ0v) is 13.6. The molecular formula is C18H38. The van der Waals surface area contributed by atoms with Crippen LogP contribution in [0.25, 0.3) is 0 Å². The van der Waals surface area contributed by atoms with Crippen molar-refractivity contribution in [2.24, 2.45) is 11.8 Å². The molecule has 0 nitrogen and oxygen atoms in total. The molecule has 0 heterocycles. The third kappa shape index (κ3) is 14.1. The van der Waals surface area contributed by atoms with Crippen LogP contribution in [0.3, 0.4) is 0 Å². The summed E-state index contributed by atoms with van der Waals surface area (Å²) in [5.74, 6) is 1.85. The molecule has 0 heteroatoms. The first kappa shape index (κ1) is 18.0. The molecule has 0 fully saturated rings. The number of rotatable bonds is 13. The Morgan fingerprint density at radius 3 is 1.61 bits per heavy atom. The lowest BCUT2D eigenvalue weighted by atomic mass is 9.95. The molecule has 0 amide bonds. The molecular weight excluding hydrogens is 216 g/mol. The molecule has 0 radical (unpaired) electrons. The summed E-state index contributed by atoms with van der Waals surface area (Å²) >= 11 is 0. The minimum atomic E-state index is 0.889. The van der Waals surface area contributed by atoms with Crippen molar-refractivity contribution >= 4 is 0 Å². The topological polar surface area (TPSA) is 0 Å². The van der Waals surface area contributed by atoms with Crippen molar-refractivity contribution in [3.63, 3.8) is 0 Å². The molecule has 0 saturated carbocycles. The zero-order valence-electron chi connectivity index (χ0n) is 13.6. The average Bonchev–Trinajstić information content (AvgIpc) is 2.32. The fraction of sp³-hybridized carbons (Fsp3) is 1.00. The molecule has 0 aromatic heterocycles. The number of unbranched alkanes of at least 4 members (excludes halogenated alkanes) is 7. The number of hydrogen-bond donors (Lipinski definition) is 0. The molecule has 1 unspecified atom stereocenters. The Balaban J connectivity index is 3.12. The van der Waals surface area contributed by atoms with Crippen LogP contribution < -0.4 is 0 Å². The van der Waals surface area contributed by atoms with Crippen LogP contribution in [0.4, 0.5) is 0 Å². The fourth-order valence-corrected chi connectivity index (χ4v) is 2.65. The van der Waals surface area contributed by atoms with Crippen LogP contribution in [0.15, 0.2) is 0 Å². The maximum Gasteiger partial charge on any atom is -0.0443 e. The summed E-state index contributed by atoms with van der Waals surface area (Å²) < 4.78 is 0. The highest BCUT2D eigenvalue weighted by Gasteiger charge is 2.03. The lowest BCUT2D eigenvalue weighted by Gasteiger charge is -2.12. The SMILES string of the molecule is CCCCCCCCCCC(C)CCCC(C)C. The van der Waals surface area contributed by atoms with Gasteiger partial charge >= 0.3 is 0 Å². The zero-order chi connectivity index (χ0) is 13.6. The molecule has 0 spiro atoms. The standard InChI is InChI=1S/C18H38/c1-5-6-7-8-9-10-11-12-15-18(4)16-13-14-17(2)3/h17-18H,5-16H2,1-4H3. The van der Waals surface area contributed by atoms with Crippen LogP contribution >= 0.6 is 0 Å². The van der Waals surface area contributed by atoms with Crippen molar-refractivity contribution in [3.05, 3.63) is 0 Å². The van der Waals surface area contributed by atoms with Gasteiger partial charge in [0.15, 0.2) is 0 Å². The van der Waals surface area contributed by atoms with Crippen LogP contribution in [0.1, 0.15) is 105 Å². The molecule has 0 aliphatic carbocycles. The fourth-order valence-electron chi connectivity index (χ4n) is 2.65. The van der Waals surface area contributed by atoms with Gasteiger partial charge in [-0.1, -0.05) is 105 Å². The summed E-state index contributed by atoms with van der Waals surface area (Å²) in [6.07, 6.45) is 17.4. The Morgan fingerprint density at radius 2 is 1.06 bits per heavy atom. The van der Waals surface area contributed by atoms with Crippen molar-refractivity contribution in [2.45, 2.75) is 105 Å². The normalized spacial score (nSPS) is 13.2. The second-order valence-electron chi connectivity index (χ2n) is 6.69. The summed E-state index contributed by atoms with van der Waals surface area (Å²) in [5.41, 5.74) is 0. The summed E-state index contributed by atoms with van der Waals surface area (Å²) in [6, 6.07) is 0. The molecule has 110 valence electrons. The largest absolute Gasteiger partial charge is 0.0654 e. The third-order valence-electron chi connectivity index (χ3n) is 4.03. The summed E-state index contributed by atoms with van der Waals surface area (Å²) in [5, 5.41) is 0. The van der Waals surface area contributed by atoms with E-state index in [4.69, 9.17) is 0 Å². The highest BCUT2D eigenvalue weighted by molar-refractivity contribution is 4.56. The van der Waals surface area contributed by atoms with E-state index in [1.807, 2.05) is 0 Å². The first-order valence-electron chi connectivity index (χ1n) is 8.66. The maximum absolute atomic E-state index is 2.45. The van der Waals surface area contributed by atoms with E-state index in [9.17, 15) is 0 Å². The van der Waals surface area contributed by atoms with Gasteiger partial charge in [0.2, 0.25) is 0 Å². The Hall–Kier alpha value is 0. The van der Waals surface area contributed by atoms with E-state index in [0.717, 1.165) is 11.8 Å². The minimum Gasteiger partial charge on any atom is -0.0654 e. The minimum absolute atomic E-state index is 0.889. The van der Waals surface area contributed by atoms with Crippen molar-refractivity contribution in [1.29, 1.82) is 0 Å². The van der Waals surface area contributed by atoms with Gasteiger partial charge in [-0.25, -0.2) is 0 Å². The molecule has 0 rings (SSSR count). The Bertz CT molecular complexity index is 148. The Kier molecular flexibility index (Phi) is 13.4. The monoisotopic (exact) mass is 254 g/mol. The van der Waals surface area contributed by atoms with Gasteiger partial charge in [-0.2, -0.15) is 0 Å².